The van der Waals surface area contributed by atoms with Crippen LogP contribution in [0.15, 0.2) is 16.7 Å². The van der Waals surface area contributed by atoms with E-state index in [1.807, 2.05) is 0 Å². The lowest BCUT2D eigenvalue weighted by Gasteiger charge is -2.41. The molecule has 1 saturated carbocycles. The molecule has 1 aliphatic heterocycles. The van der Waals surface area contributed by atoms with Crippen molar-refractivity contribution in [3.63, 3.8) is 0 Å². The van der Waals surface area contributed by atoms with Crippen LogP contribution in [-0.2, 0) is 0 Å². The Morgan fingerprint density at radius 1 is 1.09 bits per heavy atom. The average Bonchev–Trinajstić information content (AvgIpc) is 3.02. The number of hydrogen-bond acceptors (Lipinski definition) is 5. The Hall–Kier alpha value is -2.17. The Bertz CT molecular complexity index is 767. The second-order valence-electron chi connectivity index (χ2n) is 6.38. The Kier molecular flexibility index (Phi) is 3.25. The fourth-order valence-corrected chi connectivity index (χ4v) is 3.97. The topological polar surface area (TPSA) is 57.9 Å². The molecule has 122 valence electrons. The molecular weight excluding hydrogens is 296 g/mol. The van der Waals surface area contributed by atoms with Crippen LogP contribution >= 0.6 is 0 Å². The number of ether oxygens (including phenoxy) is 3. The molecule has 5 heteroatoms. The van der Waals surface area contributed by atoms with Crippen LogP contribution < -0.4 is 14.2 Å². The summed E-state index contributed by atoms with van der Waals surface area (Å²) in [7, 11) is 3.13. The monoisotopic (exact) mass is 316 g/mol. The second kappa shape index (κ2) is 5.18. The molecule has 1 aromatic carbocycles. The number of fused-ring (bicyclic) bond motifs is 2. The lowest BCUT2D eigenvalue weighted by atomic mass is 9.78. The van der Waals surface area contributed by atoms with Gasteiger partial charge in [-0.15, -0.1) is 0 Å². The van der Waals surface area contributed by atoms with Gasteiger partial charge < -0.3 is 18.6 Å². The van der Waals surface area contributed by atoms with Gasteiger partial charge in [-0.05, 0) is 31.7 Å². The molecule has 2 heterocycles. The third-order valence-electron chi connectivity index (χ3n) is 5.03. The van der Waals surface area contributed by atoms with Gasteiger partial charge in [0.15, 0.2) is 17.1 Å². The Balaban J connectivity index is 1.96. The molecule has 1 aliphatic carbocycles. The quantitative estimate of drug-likeness (QED) is 0.834. The number of hydrogen-bond donors (Lipinski definition) is 0. The predicted molar refractivity (Wildman–Crippen MR) is 84.7 cm³/mol. The summed E-state index contributed by atoms with van der Waals surface area (Å²) < 4.78 is 23.0. The van der Waals surface area contributed by atoms with E-state index in [0.29, 0.717) is 34.8 Å². The third kappa shape index (κ3) is 2.02. The van der Waals surface area contributed by atoms with E-state index in [2.05, 4.69) is 0 Å². The summed E-state index contributed by atoms with van der Waals surface area (Å²) in [5.74, 6) is 1.54. The van der Waals surface area contributed by atoms with E-state index in [9.17, 15) is 4.79 Å². The number of Topliss-reactive ketones (excluding diaryl/α,β-unsaturated/α-hetero) is 1. The fourth-order valence-electron chi connectivity index (χ4n) is 3.97. The summed E-state index contributed by atoms with van der Waals surface area (Å²) in [6, 6.07) is 1.79. The van der Waals surface area contributed by atoms with E-state index in [1.54, 1.807) is 26.5 Å². The zero-order valence-electron chi connectivity index (χ0n) is 13.4. The molecule has 0 atom stereocenters. The van der Waals surface area contributed by atoms with Gasteiger partial charge in [0.25, 0.3) is 0 Å². The number of methoxy groups -OCH3 is 2. The number of carbonyl (C=O) groups excluding carboxylic acids is 1. The van der Waals surface area contributed by atoms with Crippen molar-refractivity contribution in [3.8, 4) is 17.2 Å². The zero-order valence-corrected chi connectivity index (χ0v) is 13.4. The largest absolute Gasteiger partial charge is 0.495 e. The third-order valence-corrected chi connectivity index (χ3v) is 5.03. The number of benzene rings is 1. The minimum absolute atomic E-state index is 0.0615. The standard InChI is InChI=1S/C18H20O5/c1-20-14-11-6-9-22-15(11)17(21-2)16-13(14)12(19)10-18(23-16)7-4-3-5-8-18/h6,9H,3-5,7-8,10H2,1-2H3. The maximum atomic E-state index is 12.9. The highest BCUT2D eigenvalue weighted by Crippen LogP contribution is 2.52. The normalized spacial score (nSPS) is 19.5. The molecule has 0 bridgehead atoms. The average molecular weight is 316 g/mol. The highest BCUT2D eigenvalue weighted by molar-refractivity contribution is 6.10. The zero-order chi connectivity index (χ0) is 16.0. The molecule has 0 radical (unpaired) electrons. The first kappa shape index (κ1) is 14.4. The van der Waals surface area contributed by atoms with Gasteiger partial charge in [0.2, 0.25) is 5.75 Å². The van der Waals surface area contributed by atoms with Crippen LogP contribution in [0.25, 0.3) is 11.0 Å². The Morgan fingerprint density at radius 3 is 2.52 bits per heavy atom. The summed E-state index contributed by atoms with van der Waals surface area (Å²) in [5.41, 5.74) is 0.638. The van der Waals surface area contributed by atoms with E-state index < -0.39 is 5.60 Å². The summed E-state index contributed by atoms with van der Waals surface area (Å²) in [4.78, 5) is 12.9. The Labute approximate surface area is 134 Å². The molecule has 23 heavy (non-hydrogen) atoms. The molecule has 0 amide bonds. The minimum Gasteiger partial charge on any atom is -0.495 e. The number of rotatable bonds is 2. The highest BCUT2D eigenvalue weighted by Gasteiger charge is 2.45. The van der Waals surface area contributed by atoms with Gasteiger partial charge in [-0.25, -0.2) is 0 Å². The molecule has 2 aliphatic rings. The van der Waals surface area contributed by atoms with Gasteiger partial charge in [0.05, 0.1) is 32.3 Å². The molecular formula is C18H20O5. The summed E-state index contributed by atoms with van der Waals surface area (Å²) in [6.07, 6.45) is 7.16. The highest BCUT2D eigenvalue weighted by atomic mass is 16.5. The van der Waals surface area contributed by atoms with Crippen molar-refractivity contribution in [3.05, 3.63) is 17.9 Å². The van der Waals surface area contributed by atoms with Gasteiger partial charge >= 0.3 is 0 Å². The van der Waals surface area contributed by atoms with Crippen molar-refractivity contribution in [1.29, 1.82) is 0 Å². The SMILES string of the molecule is COc1c2c(c(OC)c3occc13)OC1(CCCCC1)CC2=O. The lowest BCUT2D eigenvalue weighted by Crippen LogP contribution is -2.43. The van der Waals surface area contributed by atoms with Crippen LogP contribution in [0.1, 0.15) is 48.9 Å². The maximum absolute atomic E-state index is 12.9. The first-order chi connectivity index (χ1) is 11.2. The molecule has 0 N–H and O–H groups in total. The first-order valence-corrected chi connectivity index (χ1v) is 8.06. The van der Waals surface area contributed by atoms with E-state index in [-0.39, 0.29) is 5.78 Å². The van der Waals surface area contributed by atoms with Crippen molar-refractivity contribution in [2.45, 2.75) is 44.1 Å². The molecule has 4 rings (SSSR count). The second-order valence-corrected chi connectivity index (χ2v) is 6.38. The van der Waals surface area contributed by atoms with Gasteiger partial charge in [-0.2, -0.15) is 0 Å². The van der Waals surface area contributed by atoms with Gasteiger partial charge in [0, 0.05) is 0 Å². The first-order valence-electron chi connectivity index (χ1n) is 8.06. The van der Waals surface area contributed by atoms with Crippen LogP contribution in [0.5, 0.6) is 17.2 Å². The number of furan rings is 1. The molecule has 1 fully saturated rings. The molecule has 0 saturated heterocycles. The van der Waals surface area contributed by atoms with Crippen molar-refractivity contribution in [2.75, 3.05) is 14.2 Å². The number of carbonyl (C=O) groups is 1. The maximum Gasteiger partial charge on any atom is 0.205 e. The minimum atomic E-state index is -0.402. The van der Waals surface area contributed by atoms with E-state index >= 15 is 0 Å². The van der Waals surface area contributed by atoms with Crippen LogP contribution in [0.2, 0.25) is 0 Å². The van der Waals surface area contributed by atoms with Crippen molar-refractivity contribution >= 4 is 16.8 Å². The smallest absolute Gasteiger partial charge is 0.205 e. The van der Waals surface area contributed by atoms with Crippen LogP contribution in [-0.4, -0.2) is 25.6 Å². The fraction of sp³-hybridized carbons (Fsp3) is 0.500. The van der Waals surface area contributed by atoms with Crippen molar-refractivity contribution in [2.24, 2.45) is 0 Å². The number of ketones is 1. The molecule has 0 unspecified atom stereocenters. The van der Waals surface area contributed by atoms with Crippen LogP contribution in [0, 0.1) is 0 Å². The van der Waals surface area contributed by atoms with Crippen LogP contribution in [0.4, 0.5) is 0 Å². The van der Waals surface area contributed by atoms with Gasteiger partial charge in [-0.3, -0.25) is 4.79 Å². The van der Waals surface area contributed by atoms with Gasteiger partial charge in [-0.1, -0.05) is 6.42 Å². The predicted octanol–water partition coefficient (Wildman–Crippen LogP) is 4.12. The molecule has 1 spiro atoms. The van der Waals surface area contributed by atoms with E-state index in [0.717, 1.165) is 31.1 Å². The Morgan fingerprint density at radius 2 is 1.83 bits per heavy atom. The van der Waals surface area contributed by atoms with Crippen LogP contribution in [0.3, 0.4) is 0 Å². The van der Waals surface area contributed by atoms with Gasteiger partial charge in [0.1, 0.15) is 16.9 Å². The van der Waals surface area contributed by atoms with Crippen molar-refractivity contribution < 1.29 is 23.4 Å². The summed E-state index contributed by atoms with van der Waals surface area (Å²) >= 11 is 0. The molecule has 2 aromatic rings. The summed E-state index contributed by atoms with van der Waals surface area (Å²) in [5, 5.41) is 0.736. The molecule has 1 aromatic heterocycles. The lowest BCUT2D eigenvalue weighted by molar-refractivity contribution is 0.0113. The van der Waals surface area contributed by atoms with Crippen molar-refractivity contribution in [1.82, 2.24) is 0 Å². The van der Waals surface area contributed by atoms with E-state index in [4.69, 9.17) is 18.6 Å². The van der Waals surface area contributed by atoms with E-state index in [1.165, 1.54) is 6.42 Å². The molecule has 5 nitrogen and oxygen atoms in total. The summed E-state index contributed by atoms with van der Waals surface area (Å²) in [6.45, 7) is 0.